The number of nitrogens with zero attached hydrogens (tertiary/aromatic N) is 1. The molecule has 0 aromatic rings. The fraction of sp³-hybridized carbons (Fsp3) is 1.00. The Balaban J connectivity index is 2.49. The van der Waals surface area contributed by atoms with E-state index in [1.54, 1.807) is 7.05 Å². The standard InChI is InChI=1S/C7H15NO/c1-7-5-3-4-6-8(7,2)9/h7H,3-6H2,1-2H3/t7-,8+/m1/s1. The molecular weight excluding hydrogens is 114 g/mol. The molecule has 0 amide bonds. The molecule has 0 radical (unpaired) electrons. The molecule has 0 bridgehead atoms. The van der Waals surface area contributed by atoms with Gasteiger partial charge in [-0.1, -0.05) is 0 Å². The second-order valence-electron chi connectivity index (χ2n) is 3.24. The van der Waals surface area contributed by atoms with Crippen LogP contribution in [0.5, 0.6) is 0 Å². The van der Waals surface area contributed by atoms with E-state index in [2.05, 4.69) is 0 Å². The van der Waals surface area contributed by atoms with E-state index in [9.17, 15) is 5.21 Å². The van der Waals surface area contributed by atoms with Crippen LogP contribution < -0.4 is 0 Å². The van der Waals surface area contributed by atoms with E-state index < -0.39 is 0 Å². The summed E-state index contributed by atoms with van der Waals surface area (Å²) in [6.45, 7) is 2.87. The molecule has 0 saturated carbocycles. The molecule has 2 heteroatoms. The van der Waals surface area contributed by atoms with Crippen molar-refractivity contribution in [2.75, 3.05) is 13.6 Å². The van der Waals surface area contributed by atoms with Gasteiger partial charge in [-0.05, 0) is 26.2 Å². The number of hydrogen-bond donors (Lipinski definition) is 0. The third-order valence-electron chi connectivity index (χ3n) is 2.41. The second-order valence-corrected chi connectivity index (χ2v) is 3.24. The lowest BCUT2D eigenvalue weighted by Crippen LogP contribution is -2.48. The molecule has 0 unspecified atom stereocenters. The average Bonchev–Trinajstić information content (AvgIpc) is 1.77. The third kappa shape index (κ3) is 1.43. The summed E-state index contributed by atoms with van der Waals surface area (Å²) in [5.41, 5.74) is 0. The van der Waals surface area contributed by atoms with E-state index >= 15 is 0 Å². The van der Waals surface area contributed by atoms with Gasteiger partial charge in [0, 0.05) is 0 Å². The minimum Gasteiger partial charge on any atom is -0.633 e. The number of hydrogen-bond acceptors (Lipinski definition) is 1. The van der Waals surface area contributed by atoms with Gasteiger partial charge in [0.25, 0.3) is 0 Å². The van der Waals surface area contributed by atoms with Crippen LogP contribution in [0.2, 0.25) is 0 Å². The number of piperidine rings is 1. The molecule has 0 spiro atoms. The molecular formula is C7H15NO. The van der Waals surface area contributed by atoms with Crippen molar-refractivity contribution in [2.45, 2.75) is 32.2 Å². The number of likely N-dealkylation sites (tertiary alicyclic amines) is 1. The molecule has 2 nitrogen and oxygen atoms in total. The van der Waals surface area contributed by atoms with Gasteiger partial charge in [0.15, 0.2) is 0 Å². The SMILES string of the molecule is C[C@@H]1CCCC[N@+]1(C)[O-]. The van der Waals surface area contributed by atoms with Crippen LogP contribution in [-0.2, 0) is 0 Å². The average molecular weight is 129 g/mol. The van der Waals surface area contributed by atoms with E-state index in [1.807, 2.05) is 6.92 Å². The van der Waals surface area contributed by atoms with Gasteiger partial charge >= 0.3 is 0 Å². The molecule has 1 saturated heterocycles. The fourth-order valence-electron chi connectivity index (χ4n) is 1.36. The highest BCUT2D eigenvalue weighted by Gasteiger charge is 2.23. The lowest BCUT2D eigenvalue weighted by Gasteiger charge is -2.47. The smallest absolute Gasteiger partial charge is 0.0856 e. The quantitative estimate of drug-likeness (QED) is 0.359. The molecule has 1 aliphatic heterocycles. The molecule has 0 aromatic heterocycles. The molecule has 1 rings (SSSR count). The van der Waals surface area contributed by atoms with Crippen molar-refractivity contribution in [3.63, 3.8) is 0 Å². The summed E-state index contributed by atoms with van der Waals surface area (Å²) >= 11 is 0. The Morgan fingerprint density at radius 2 is 2.11 bits per heavy atom. The van der Waals surface area contributed by atoms with Crippen molar-refractivity contribution in [3.8, 4) is 0 Å². The highest BCUT2D eigenvalue weighted by molar-refractivity contribution is 4.59. The summed E-state index contributed by atoms with van der Waals surface area (Å²) in [5.74, 6) is 0. The van der Waals surface area contributed by atoms with Crippen molar-refractivity contribution in [3.05, 3.63) is 5.21 Å². The Labute approximate surface area is 56.6 Å². The van der Waals surface area contributed by atoms with Gasteiger partial charge in [-0.2, -0.15) is 0 Å². The summed E-state index contributed by atoms with van der Waals surface area (Å²) in [6.07, 6.45) is 3.47. The maximum absolute atomic E-state index is 11.4. The topological polar surface area (TPSA) is 23.1 Å². The van der Waals surface area contributed by atoms with E-state index in [0.29, 0.717) is 6.04 Å². The lowest BCUT2D eigenvalue weighted by atomic mass is 10.0. The van der Waals surface area contributed by atoms with Crippen LogP contribution in [0.1, 0.15) is 26.2 Å². The molecule has 0 aromatic carbocycles. The third-order valence-corrected chi connectivity index (χ3v) is 2.41. The molecule has 1 fully saturated rings. The highest BCUT2D eigenvalue weighted by atomic mass is 16.5. The summed E-state index contributed by atoms with van der Waals surface area (Å²) < 4.78 is -0.0139. The minimum absolute atomic E-state index is 0.0139. The first-order chi connectivity index (χ1) is 4.13. The van der Waals surface area contributed by atoms with Gasteiger partial charge in [0.05, 0.1) is 19.6 Å². The van der Waals surface area contributed by atoms with Gasteiger partial charge in [0.1, 0.15) is 0 Å². The predicted molar refractivity (Wildman–Crippen MR) is 37.7 cm³/mol. The fourth-order valence-corrected chi connectivity index (χ4v) is 1.36. The van der Waals surface area contributed by atoms with Crippen molar-refractivity contribution >= 4 is 0 Å². The van der Waals surface area contributed by atoms with E-state index in [4.69, 9.17) is 0 Å². The first-order valence-electron chi connectivity index (χ1n) is 3.69. The van der Waals surface area contributed by atoms with Crippen LogP contribution in [0, 0.1) is 5.21 Å². The number of hydroxylamine groups is 3. The van der Waals surface area contributed by atoms with Gasteiger partial charge in [-0.15, -0.1) is 0 Å². The van der Waals surface area contributed by atoms with Gasteiger partial charge in [-0.3, -0.25) is 0 Å². The van der Waals surface area contributed by atoms with Crippen LogP contribution in [0.4, 0.5) is 0 Å². The lowest BCUT2D eigenvalue weighted by molar-refractivity contribution is -0.889. The Hall–Kier alpha value is -0.0800. The molecule has 1 heterocycles. The zero-order chi connectivity index (χ0) is 6.91. The molecule has 0 N–H and O–H groups in total. The Morgan fingerprint density at radius 1 is 1.44 bits per heavy atom. The number of rotatable bonds is 0. The predicted octanol–water partition coefficient (Wildman–Crippen LogP) is 1.50. The normalized spacial score (nSPS) is 45.0. The van der Waals surface area contributed by atoms with E-state index in [0.717, 1.165) is 19.4 Å². The first-order valence-corrected chi connectivity index (χ1v) is 3.69. The minimum atomic E-state index is -0.0139. The zero-order valence-electron chi connectivity index (χ0n) is 6.26. The van der Waals surface area contributed by atoms with Crippen molar-refractivity contribution < 1.29 is 4.65 Å². The van der Waals surface area contributed by atoms with Crippen LogP contribution in [0.3, 0.4) is 0 Å². The first kappa shape index (κ1) is 7.03. The van der Waals surface area contributed by atoms with Gasteiger partial charge in [0.2, 0.25) is 0 Å². The molecule has 54 valence electrons. The molecule has 9 heavy (non-hydrogen) atoms. The maximum Gasteiger partial charge on any atom is 0.0856 e. The summed E-state index contributed by atoms with van der Waals surface area (Å²) in [7, 11) is 1.78. The van der Waals surface area contributed by atoms with Gasteiger partial charge in [-0.25, -0.2) is 0 Å². The van der Waals surface area contributed by atoms with E-state index in [-0.39, 0.29) is 4.65 Å². The van der Waals surface area contributed by atoms with Crippen LogP contribution in [0.15, 0.2) is 0 Å². The number of quaternary nitrogens is 1. The zero-order valence-corrected chi connectivity index (χ0v) is 6.26. The van der Waals surface area contributed by atoms with Gasteiger partial charge < -0.3 is 9.85 Å². The molecule has 0 aliphatic carbocycles. The summed E-state index contributed by atoms with van der Waals surface area (Å²) in [6, 6.07) is 0.332. The Bertz CT molecular complexity index is 101. The largest absolute Gasteiger partial charge is 0.633 e. The van der Waals surface area contributed by atoms with Crippen molar-refractivity contribution in [2.24, 2.45) is 0 Å². The Morgan fingerprint density at radius 3 is 2.44 bits per heavy atom. The van der Waals surface area contributed by atoms with Crippen molar-refractivity contribution in [1.29, 1.82) is 0 Å². The van der Waals surface area contributed by atoms with E-state index in [1.165, 1.54) is 6.42 Å². The Kier molecular flexibility index (Phi) is 1.78. The van der Waals surface area contributed by atoms with Crippen LogP contribution in [-0.4, -0.2) is 24.3 Å². The summed E-state index contributed by atoms with van der Waals surface area (Å²) in [5, 5.41) is 11.4. The highest BCUT2D eigenvalue weighted by Crippen LogP contribution is 2.21. The van der Waals surface area contributed by atoms with Crippen LogP contribution >= 0.6 is 0 Å². The maximum atomic E-state index is 11.4. The summed E-state index contributed by atoms with van der Waals surface area (Å²) in [4.78, 5) is 0. The molecule has 1 aliphatic rings. The van der Waals surface area contributed by atoms with Crippen molar-refractivity contribution in [1.82, 2.24) is 0 Å². The van der Waals surface area contributed by atoms with Crippen LogP contribution in [0.25, 0.3) is 0 Å². The second kappa shape index (κ2) is 2.27. The molecule has 2 atom stereocenters. The monoisotopic (exact) mass is 129 g/mol.